The molecule has 0 bridgehead atoms. The van der Waals surface area contributed by atoms with Crippen LogP contribution in [0.4, 0.5) is 11.4 Å². The van der Waals surface area contributed by atoms with Crippen LogP contribution < -0.4 is 10.2 Å². The Balaban J connectivity index is 1.92. The molecular weight excluding hydrogens is 322 g/mol. The third-order valence-corrected chi connectivity index (χ3v) is 4.02. The quantitative estimate of drug-likeness (QED) is 0.827. The summed E-state index contributed by atoms with van der Waals surface area (Å²) < 4.78 is 0. The molecule has 0 saturated heterocycles. The molecule has 0 radical (unpaired) electrons. The van der Waals surface area contributed by atoms with Gasteiger partial charge in [0.25, 0.3) is 0 Å². The standard InChI is InChI=1S/C19H24ClN3O/c1-4-23(13-15-8-10-18(11-9-15)22(2)3)14-19(24)21-17-7-5-6-16(20)12-17/h5-12H,4,13-14H2,1-3H3,(H,21,24). The maximum atomic E-state index is 12.2. The van der Waals surface area contributed by atoms with Gasteiger partial charge in [0.05, 0.1) is 6.54 Å². The van der Waals surface area contributed by atoms with Crippen LogP contribution in [0.3, 0.4) is 0 Å². The molecule has 0 fully saturated rings. The van der Waals surface area contributed by atoms with Crippen LogP contribution in [0.2, 0.25) is 5.02 Å². The lowest BCUT2D eigenvalue weighted by Gasteiger charge is -2.20. The van der Waals surface area contributed by atoms with E-state index in [-0.39, 0.29) is 5.91 Å². The van der Waals surface area contributed by atoms with E-state index in [9.17, 15) is 4.79 Å². The summed E-state index contributed by atoms with van der Waals surface area (Å²) in [4.78, 5) is 16.4. The van der Waals surface area contributed by atoms with E-state index in [0.29, 0.717) is 11.6 Å². The molecule has 128 valence electrons. The van der Waals surface area contributed by atoms with Gasteiger partial charge in [-0.15, -0.1) is 0 Å². The van der Waals surface area contributed by atoms with E-state index in [0.717, 1.165) is 18.8 Å². The number of anilines is 2. The van der Waals surface area contributed by atoms with Crippen LogP contribution >= 0.6 is 11.6 Å². The molecule has 0 aliphatic rings. The fourth-order valence-electron chi connectivity index (χ4n) is 2.41. The van der Waals surface area contributed by atoms with Crippen LogP contribution in [-0.4, -0.2) is 38.0 Å². The number of nitrogens with one attached hydrogen (secondary N) is 1. The minimum absolute atomic E-state index is 0.0379. The monoisotopic (exact) mass is 345 g/mol. The lowest BCUT2D eigenvalue weighted by Crippen LogP contribution is -2.32. The van der Waals surface area contributed by atoms with E-state index in [4.69, 9.17) is 11.6 Å². The maximum absolute atomic E-state index is 12.2. The number of nitrogens with zero attached hydrogens (tertiary/aromatic N) is 2. The van der Waals surface area contributed by atoms with Crippen LogP contribution in [0.5, 0.6) is 0 Å². The van der Waals surface area contributed by atoms with Crippen molar-refractivity contribution in [3.63, 3.8) is 0 Å². The number of hydrogen-bond acceptors (Lipinski definition) is 3. The molecule has 2 aromatic rings. The summed E-state index contributed by atoms with van der Waals surface area (Å²) in [6.45, 7) is 3.95. The van der Waals surface area contributed by atoms with E-state index < -0.39 is 0 Å². The number of carbonyl (C=O) groups is 1. The maximum Gasteiger partial charge on any atom is 0.238 e. The largest absolute Gasteiger partial charge is 0.378 e. The number of halogens is 1. The van der Waals surface area contributed by atoms with Crippen molar-refractivity contribution in [2.45, 2.75) is 13.5 Å². The zero-order valence-electron chi connectivity index (χ0n) is 14.4. The Labute approximate surface area is 149 Å². The Hall–Kier alpha value is -2.04. The number of rotatable bonds is 7. The van der Waals surface area contributed by atoms with Crippen molar-refractivity contribution >= 4 is 28.9 Å². The summed E-state index contributed by atoms with van der Waals surface area (Å²) in [6, 6.07) is 15.6. The van der Waals surface area contributed by atoms with Crippen LogP contribution in [0, 0.1) is 0 Å². The first-order valence-electron chi connectivity index (χ1n) is 8.02. The molecule has 0 heterocycles. The van der Waals surface area contributed by atoms with Gasteiger partial charge in [-0.3, -0.25) is 9.69 Å². The molecule has 5 heteroatoms. The number of hydrogen-bond donors (Lipinski definition) is 1. The molecule has 0 saturated carbocycles. The molecule has 0 unspecified atom stereocenters. The van der Waals surface area contributed by atoms with Gasteiger partial charge in [-0.05, 0) is 42.4 Å². The number of amides is 1. The van der Waals surface area contributed by atoms with Gasteiger partial charge in [-0.25, -0.2) is 0 Å². The molecule has 0 aliphatic heterocycles. The molecule has 4 nitrogen and oxygen atoms in total. The fraction of sp³-hybridized carbons (Fsp3) is 0.316. The number of benzene rings is 2. The first-order chi connectivity index (χ1) is 11.5. The predicted molar refractivity (Wildman–Crippen MR) is 102 cm³/mol. The van der Waals surface area contributed by atoms with Crippen LogP contribution in [0.15, 0.2) is 48.5 Å². The smallest absolute Gasteiger partial charge is 0.238 e. The molecule has 1 amide bonds. The second kappa shape index (κ2) is 8.71. The van der Waals surface area contributed by atoms with E-state index in [1.807, 2.05) is 26.2 Å². The molecular formula is C19H24ClN3O. The number of carbonyl (C=O) groups excluding carboxylic acids is 1. The van der Waals surface area contributed by atoms with Gasteiger partial charge in [0, 0.05) is 37.0 Å². The van der Waals surface area contributed by atoms with E-state index in [1.54, 1.807) is 12.1 Å². The summed E-state index contributed by atoms with van der Waals surface area (Å²) in [7, 11) is 4.04. The summed E-state index contributed by atoms with van der Waals surface area (Å²) in [5.41, 5.74) is 3.08. The van der Waals surface area contributed by atoms with Crippen molar-refractivity contribution in [3.05, 3.63) is 59.1 Å². The highest BCUT2D eigenvalue weighted by molar-refractivity contribution is 6.30. The highest BCUT2D eigenvalue weighted by Gasteiger charge is 2.10. The Morgan fingerprint density at radius 1 is 1.12 bits per heavy atom. The van der Waals surface area contributed by atoms with E-state index in [2.05, 4.69) is 46.3 Å². The number of likely N-dealkylation sites (N-methyl/N-ethyl adjacent to an activating group) is 1. The van der Waals surface area contributed by atoms with Gasteiger partial charge in [0.2, 0.25) is 5.91 Å². The van der Waals surface area contributed by atoms with Crippen molar-refractivity contribution in [1.82, 2.24) is 4.90 Å². The molecule has 1 N–H and O–H groups in total. The van der Waals surface area contributed by atoms with Crippen LogP contribution in [0.1, 0.15) is 12.5 Å². The molecule has 0 aromatic heterocycles. The first kappa shape index (κ1) is 18.3. The molecule has 24 heavy (non-hydrogen) atoms. The normalized spacial score (nSPS) is 10.7. The third kappa shape index (κ3) is 5.55. The fourth-order valence-corrected chi connectivity index (χ4v) is 2.60. The molecule has 2 aromatic carbocycles. The van der Waals surface area contributed by atoms with Gasteiger partial charge < -0.3 is 10.2 Å². The molecule has 2 rings (SSSR count). The van der Waals surface area contributed by atoms with Gasteiger partial charge in [0.1, 0.15) is 0 Å². The minimum atomic E-state index is -0.0379. The van der Waals surface area contributed by atoms with Crippen molar-refractivity contribution in [3.8, 4) is 0 Å². The summed E-state index contributed by atoms with van der Waals surface area (Å²) in [5, 5.41) is 3.50. The van der Waals surface area contributed by atoms with Gasteiger partial charge >= 0.3 is 0 Å². The summed E-state index contributed by atoms with van der Waals surface area (Å²) in [6.07, 6.45) is 0. The van der Waals surface area contributed by atoms with Crippen molar-refractivity contribution in [1.29, 1.82) is 0 Å². The second-order valence-corrected chi connectivity index (χ2v) is 6.36. The SMILES string of the molecule is CCN(CC(=O)Nc1cccc(Cl)c1)Cc1ccc(N(C)C)cc1. The zero-order chi connectivity index (χ0) is 17.5. The Morgan fingerprint density at radius 2 is 1.83 bits per heavy atom. The Kier molecular flexibility index (Phi) is 6.64. The van der Waals surface area contributed by atoms with E-state index in [1.165, 1.54) is 11.3 Å². The minimum Gasteiger partial charge on any atom is -0.378 e. The molecule has 0 atom stereocenters. The van der Waals surface area contributed by atoms with Crippen LogP contribution in [0.25, 0.3) is 0 Å². The molecule has 0 spiro atoms. The van der Waals surface area contributed by atoms with Crippen molar-refractivity contribution in [2.24, 2.45) is 0 Å². The highest BCUT2D eigenvalue weighted by Crippen LogP contribution is 2.16. The summed E-state index contributed by atoms with van der Waals surface area (Å²) >= 11 is 5.94. The second-order valence-electron chi connectivity index (χ2n) is 5.92. The van der Waals surface area contributed by atoms with Crippen molar-refractivity contribution < 1.29 is 4.79 Å². The molecule has 0 aliphatic carbocycles. The Morgan fingerprint density at radius 3 is 2.42 bits per heavy atom. The predicted octanol–water partition coefficient (Wildman–Crippen LogP) is 3.87. The van der Waals surface area contributed by atoms with Gasteiger partial charge in [-0.1, -0.05) is 36.7 Å². The average Bonchev–Trinajstić information content (AvgIpc) is 2.54. The first-order valence-corrected chi connectivity index (χ1v) is 8.39. The lowest BCUT2D eigenvalue weighted by atomic mass is 10.2. The lowest BCUT2D eigenvalue weighted by molar-refractivity contribution is -0.117. The van der Waals surface area contributed by atoms with Crippen molar-refractivity contribution in [2.75, 3.05) is 37.4 Å². The van der Waals surface area contributed by atoms with E-state index >= 15 is 0 Å². The highest BCUT2D eigenvalue weighted by atomic mass is 35.5. The zero-order valence-corrected chi connectivity index (χ0v) is 15.2. The Bertz CT molecular complexity index is 671. The van der Waals surface area contributed by atoms with Gasteiger partial charge in [-0.2, -0.15) is 0 Å². The summed E-state index contributed by atoms with van der Waals surface area (Å²) in [5.74, 6) is -0.0379. The average molecular weight is 346 g/mol. The third-order valence-electron chi connectivity index (χ3n) is 3.78. The van der Waals surface area contributed by atoms with Gasteiger partial charge in [0.15, 0.2) is 0 Å². The van der Waals surface area contributed by atoms with Crippen LogP contribution in [-0.2, 0) is 11.3 Å². The topological polar surface area (TPSA) is 35.6 Å².